The summed E-state index contributed by atoms with van der Waals surface area (Å²) in [5.74, 6) is 1.20. The second-order valence-electron chi connectivity index (χ2n) is 14.8. The van der Waals surface area contributed by atoms with E-state index in [-0.39, 0.29) is 0 Å². The van der Waals surface area contributed by atoms with Crippen LogP contribution in [0.15, 0.2) is 203 Å². The number of thiophene rings is 1. The Morgan fingerprint density at radius 2 is 0.918 bits per heavy atom. The highest BCUT2D eigenvalue weighted by Crippen LogP contribution is 2.43. The Labute approximate surface area is 353 Å². The molecule has 12 rings (SSSR count). The summed E-state index contributed by atoms with van der Waals surface area (Å²) >= 11 is 1.81. The molecule has 0 aliphatic rings. The fourth-order valence-corrected chi connectivity index (χ4v) is 9.31. The largest absolute Gasteiger partial charge is 0.436 e. The average molecular weight is 805 g/mol. The van der Waals surface area contributed by atoms with Gasteiger partial charge in [-0.3, -0.25) is 9.97 Å². The third-order valence-corrected chi connectivity index (χ3v) is 12.2. The molecule has 7 aromatic carbocycles. The Morgan fingerprint density at radius 3 is 1.48 bits per heavy atom. The first-order valence-electron chi connectivity index (χ1n) is 19.9. The van der Waals surface area contributed by atoms with Gasteiger partial charge in [0.15, 0.2) is 11.2 Å². The number of benzene rings is 7. The molecule has 0 aliphatic carbocycles. The van der Waals surface area contributed by atoms with Crippen molar-refractivity contribution in [1.29, 1.82) is 0 Å². The summed E-state index contributed by atoms with van der Waals surface area (Å²) < 4.78 is 14.6. The van der Waals surface area contributed by atoms with E-state index in [2.05, 4.69) is 129 Å². The Bertz CT molecular complexity index is 3310. The summed E-state index contributed by atoms with van der Waals surface area (Å²) in [4.78, 5) is 22.8. The van der Waals surface area contributed by atoms with Gasteiger partial charge in [-0.1, -0.05) is 36.4 Å². The first-order chi connectivity index (χ1) is 30.2. The van der Waals surface area contributed by atoms with Crippen molar-refractivity contribution in [2.45, 2.75) is 0 Å². The van der Waals surface area contributed by atoms with Gasteiger partial charge >= 0.3 is 0 Å². The molecule has 0 saturated carbocycles. The molecule has 0 fully saturated rings. The van der Waals surface area contributed by atoms with Gasteiger partial charge in [0.25, 0.3) is 0 Å². The minimum Gasteiger partial charge on any atom is -0.436 e. The number of hydrogen-bond acceptors (Lipinski definition) is 9. The third-order valence-electron chi connectivity index (χ3n) is 11.1. The lowest BCUT2D eigenvalue weighted by atomic mass is 10.0. The fourth-order valence-electron chi connectivity index (χ4n) is 8.14. The second kappa shape index (κ2) is 14.3. The highest BCUT2D eigenvalue weighted by Gasteiger charge is 2.19. The van der Waals surface area contributed by atoms with Crippen LogP contribution in [0.1, 0.15) is 0 Å². The molecule has 0 unspecified atom stereocenters. The van der Waals surface area contributed by atoms with E-state index in [4.69, 9.17) is 18.8 Å². The van der Waals surface area contributed by atoms with Gasteiger partial charge in [0.1, 0.15) is 11.0 Å². The molecule has 9 heteroatoms. The molecule has 0 bridgehead atoms. The number of pyridine rings is 2. The van der Waals surface area contributed by atoms with Crippen molar-refractivity contribution in [3.8, 4) is 22.9 Å². The molecule has 0 aliphatic heterocycles. The molecule has 0 spiro atoms. The number of oxazole rings is 2. The summed E-state index contributed by atoms with van der Waals surface area (Å²) in [6.45, 7) is 0. The monoisotopic (exact) mass is 804 g/mol. The number of para-hydroxylation sites is 4. The molecular formula is C52H32N6O2S. The van der Waals surface area contributed by atoms with E-state index in [1.54, 1.807) is 23.7 Å². The molecular weight excluding hydrogens is 773 g/mol. The van der Waals surface area contributed by atoms with Gasteiger partial charge in [-0.15, -0.1) is 11.3 Å². The second-order valence-corrected chi connectivity index (χ2v) is 15.9. The number of fused-ring (bicyclic) bond motifs is 6. The number of anilines is 6. The van der Waals surface area contributed by atoms with Gasteiger partial charge in [-0.2, -0.15) is 0 Å². The van der Waals surface area contributed by atoms with Crippen LogP contribution in [0.4, 0.5) is 34.1 Å². The van der Waals surface area contributed by atoms with Crippen LogP contribution < -0.4 is 9.80 Å². The molecule has 12 aromatic rings. The molecule has 5 aromatic heterocycles. The smallest absolute Gasteiger partial charge is 0.227 e. The molecule has 0 N–H and O–H groups in total. The van der Waals surface area contributed by atoms with E-state index in [0.29, 0.717) is 11.8 Å². The molecule has 5 heterocycles. The van der Waals surface area contributed by atoms with Gasteiger partial charge in [0, 0.05) is 66.4 Å². The van der Waals surface area contributed by atoms with Crippen molar-refractivity contribution in [3.63, 3.8) is 0 Å². The molecule has 0 radical (unpaired) electrons. The standard InChI is InChI=1S/C52H32N6O2S/c1-3-11-47-45(9-1)55-51(59-47)33-13-18-37(19-14-33)57(41-7-5-25-53-31-41)39-22-17-35-28-44-43-24-23-40(30-50(43)61-49(44)29-36(35)27-39)58(42-8-6-26-54-32-42)38-20-15-34(16-21-38)52-56-46-10-2-4-12-48(46)60-52/h1-32H. The van der Waals surface area contributed by atoms with Crippen LogP contribution in [0.25, 0.3) is 76.1 Å². The molecule has 0 saturated heterocycles. The topological polar surface area (TPSA) is 84.3 Å². The van der Waals surface area contributed by atoms with Crippen LogP contribution in [0.5, 0.6) is 0 Å². The summed E-state index contributed by atoms with van der Waals surface area (Å²) in [5, 5.41) is 4.79. The lowest BCUT2D eigenvalue weighted by Crippen LogP contribution is -2.10. The Morgan fingerprint density at radius 1 is 0.393 bits per heavy atom. The zero-order valence-corrected chi connectivity index (χ0v) is 33.2. The first kappa shape index (κ1) is 34.9. The SMILES string of the molecule is c1cncc(N(c2ccc(-c3nc4ccccc4o3)cc2)c2ccc3cc4c(cc3c2)sc2cc(N(c3ccc(-c5nc6ccccc6o5)cc3)c3cccnc3)ccc24)c1. The minimum absolute atomic E-state index is 0.599. The third kappa shape index (κ3) is 6.23. The maximum Gasteiger partial charge on any atom is 0.227 e. The van der Waals surface area contributed by atoms with E-state index in [0.717, 1.165) is 72.8 Å². The van der Waals surface area contributed by atoms with Gasteiger partial charge in [-0.25, -0.2) is 9.97 Å². The van der Waals surface area contributed by atoms with Crippen LogP contribution in [0.3, 0.4) is 0 Å². The van der Waals surface area contributed by atoms with Gasteiger partial charge in [-0.05, 0) is 144 Å². The Hall–Kier alpha value is -8.14. The summed E-state index contributed by atoms with van der Waals surface area (Å²) in [5.41, 5.74) is 11.1. The van der Waals surface area contributed by atoms with E-state index in [1.165, 1.54) is 25.6 Å². The van der Waals surface area contributed by atoms with Crippen molar-refractivity contribution >= 4 is 98.6 Å². The normalized spacial score (nSPS) is 11.6. The number of rotatable bonds is 8. The first-order valence-corrected chi connectivity index (χ1v) is 20.7. The van der Waals surface area contributed by atoms with E-state index in [9.17, 15) is 0 Å². The van der Waals surface area contributed by atoms with Crippen molar-refractivity contribution in [2.75, 3.05) is 9.80 Å². The maximum atomic E-state index is 6.07. The zero-order chi connectivity index (χ0) is 40.3. The number of hydrogen-bond donors (Lipinski definition) is 0. The van der Waals surface area contributed by atoms with E-state index < -0.39 is 0 Å². The summed E-state index contributed by atoms with van der Waals surface area (Å²) in [6, 6.07) is 58.5. The van der Waals surface area contributed by atoms with Crippen LogP contribution in [0.2, 0.25) is 0 Å². The Kier molecular flexibility index (Phi) is 8.17. The maximum absolute atomic E-state index is 6.07. The van der Waals surface area contributed by atoms with E-state index >= 15 is 0 Å². The lowest BCUT2D eigenvalue weighted by Gasteiger charge is -2.25. The predicted molar refractivity (Wildman–Crippen MR) is 248 cm³/mol. The zero-order valence-electron chi connectivity index (χ0n) is 32.4. The number of nitrogens with zero attached hydrogens (tertiary/aromatic N) is 6. The van der Waals surface area contributed by atoms with Crippen molar-refractivity contribution in [1.82, 2.24) is 19.9 Å². The molecule has 0 atom stereocenters. The highest BCUT2D eigenvalue weighted by atomic mass is 32.1. The van der Waals surface area contributed by atoms with Crippen LogP contribution in [-0.2, 0) is 0 Å². The molecule has 8 nitrogen and oxygen atoms in total. The average Bonchev–Trinajstić information content (AvgIpc) is 4.05. The number of aromatic nitrogens is 4. The van der Waals surface area contributed by atoms with Crippen molar-refractivity contribution in [3.05, 3.63) is 195 Å². The molecule has 0 amide bonds. The fraction of sp³-hybridized carbons (Fsp3) is 0. The van der Waals surface area contributed by atoms with Gasteiger partial charge in [0.05, 0.1) is 23.8 Å². The molecule has 288 valence electrons. The van der Waals surface area contributed by atoms with Crippen LogP contribution >= 0.6 is 11.3 Å². The van der Waals surface area contributed by atoms with Crippen LogP contribution in [0, 0.1) is 0 Å². The van der Waals surface area contributed by atoms with Crippen molar-refractivity contribution in [2.24, 2.45) is 0 Å². The summed E-state index contributed by atoms with van der Waals surface area (Å²) in [7, 11) is 0. The van der Waals surface area contributed by atoms with E-state index in [1.807, 2.05) is 73.1 Å². The summed E-state index contributed by atoms with van der Waals surface area (Å²) in [6.07, 6.45) is 7.40. The van der Waals surface area contributed by atoms with Crippen molar-refractivity contribution < 1.29 is 8.83 Å². The molecule has 61 heavy (non-hydrogen) atoms. The lowest BCUT2D eigenvalue weighted by molar-refractivity contribution is 0.619. The van der Waals surface area contributed by atoms with Crippen LogP contribution in [-0.4, -0.2) is 19.9 Å². The quantitative estimate of drug-likeness (QED) is 0.150. The minimum atomic E-state index is 0.599. The Balaban J connectivity index is 0.903. The van der Waals surface area contributed by atoms with Gasteiger partial charge < -0.3 is 18.6 Å². The van der Waals surface area contributed by atoms with Gasteiger partial charge in [0.2, 0.25) is 11.8 Å². The highest BCUT2D eigenvalue weighted by molar-refractivity contribution is 7.26. The predicted octanol–water partition coefficient (Wildman–Crippen LogP) is 14.6.